The Morgan fingerprint density at radius 2 is 1.94 bits per heavy atom. The molecule has 0 saturated heterocycles. The summed E-state index contributed by atoms with van der Waals surface area (Å²) < 4.78 is 5.57. The molecule has 0 aliphatic carbocycles. The molecule has 1 aromatic rings. The molecule has 0 atom stereocenters. The van der Waals surface area contributed by atoms with E-state index in [2.05, 4.69) is 12.2 Å². The van der Waals surface area contributed by atoms with E-state index in [1.165, 1.54) is 25.7 Å². The minimum atomic E-state index is 0.664. The lowest BCUT2D eigenvalue weighted by molar-refractivity contribution is 0.313. The van der Waals surface area contributed by atoms with Crippen molar-refractivity contribution in [3.05, 3.63) is 29.3 Å². The Balaban J connectivity index is 1.99. The third-order valence-corrected chi connectivity index (χ3v) is 2.89. The van der Waals surface area contributed by atoms with Crippen LogP contribution in [-0.2, 0) is 0 Å². The quantitative estimate of drug-likeness (QED) is 0.676. The third-order valence-electron chi connectivity index (χ3n) is 2.58. The van der Waals surface area contributed by atoms with Crippen molar-refractivity contribution in [2.75, 3.05) is 19.7 Å². The van der Waals surface area contributed by atoms with Crippen LogP contribution in [-0.4, -0.2) is 19.7 Å². The molecule has 0 spiro atoms. The van der Waals surface area contributed by atoms with Gasteiger partial charge in [0.15, 0.2) is 0 Å². The number of halogens is 1. The SMILES string of the molecule is CCCCCCNCCOc1ccccc1Cl. The number of hydrogen-bond acceptors (Lipinski definition) is 2. The number of ether oxygens (including phenoxy) is 1. The standard InChI is InChI=1S/C14H22ClNO/c1-2-3-4-7-10-16-11-12-17-14-9-6-5-8-13(14)15/h5-6,8-9,16H,2-4,7,10-12H2,1H3. The zero-order valence-electron chi connectivity index (χ0n) is 10.5. The molecule has 1 rings (SSSR count). The van der Waals surface area contributed by atoms with Gasteiger partial charge >= 0.3 is 0 Å². The molecule has 0 aromatic heterocycles. The Hall–Kier alpha value is -0.730. The van der Waals surface area contributed by atoms with Crippen molar-refractivity contribution in [1.29, 1.82) is 0 Å². The van der Waals surface area contributed by atoms with Gasteiger partial charge in [0.25, 0.3) is 0 Å². The van der Waals surface area contributed by atoms with Gasteiger partial charge in [-0.3, -0.25) is 0 Å². The van der Waals surface area contributed by atoms with Gasteiger partial charge in [0.1, 0.15) is 12.4 Å². The molecule has 0 bridgehead atoms. The third kappa shape index (κ3) is 6.54. The van der Waals surface area contributed by atoms with Crippen molar-refractivity contribution < 1.29 is 4.74 Å². The molecule has 1 N–H and O–H groups in total. The second kappa shape index (κ2) is 9.32. The smallest absolute Gasteiger partial charge is 0.137 e. The highest BCUT2D eigenvalue weighted by molar-refractivity contribution is 6.32. The van der Waals surface area contributed by atoms with Gasteiger partial charge in [-0.15, -0.1) is 0 Å². The number of para-hydroxylation sites is 1. The molecule has 1 aromatic carbocycles. The first-order valence-corrected chi connectivity index (χ1v) is 6.80. The molecule has 0 amide bonds. The first kappa shape index (κ1) is 14.3. The summed E-state index contributed by atoms with van der Waals surface area (Å²) in [5, 5.41) is 4.04. The number of rotatable bonds is 9. The lowest BCUT2D eigenvalue weighted by Crippen LogP contribution is -2.22. The summed E-state index contributed by atoms with van der Waals surface area (Å²) in [5.41, 5.74) is 0. The molecular formula is C14H22ClNO. The van der Waals surface area contributed by atoms with E-state index in [1.54, 1.807) is 0 Å². The first-order valence-electron chi connectivity index (χ1n) is 6.42. The fourth-order valence-corrected chi connectivity index (χ4v) is 1.79. The average molecular weight is 256 g/mol. The number of unbranched alkanes of at least 4 members (excludes halogenated alkanes) is 3. The van der Waals surface area contributed by atoms with E-state index in [9.17, 15) is 0 Å². The van der Waals surface area contributed by atoms with E-state index < -0.39 is 0 Å². The van der Waals surface area contributed by atoms with E-state index in [-0.39, 0.29) is 0 Å². The van der Waals surface area contributed by atoms with E-state index in [0.29, 0.717) is 11.6 Å². The summed E-state index contributed by atoms with van der Waals surface area (Å²) in [6.45, 7) is 4.84. The van der Waals surface area contributed by atoms with Crippen LogP contribution < -0.4 is 10.1 Å². The Bertz CT molecular complexity index is 304. The van der Waals surface area contributed by atoms with Gasteiger partial charge in [-0.25, -0.2) is 0 Å². The molecule has 3 heteroatoms. The molecule has 0 aliphatic heterocycles. The van der Waals surface area contributed by atoms with Crippen LogP contribution in [0.2, 0.25) is 5.02 Å². The molecule has 0 saturated carbocycles. The summed E-state index contributed by atoms with van der Waals surface area (Å²) in [6.07, 6.45) is 5.18. The monoisotopic (exact) mass is 255 g/mol. The highest BCUT2D eigenvalue weighted by atomic mass is 35.5. The van der Waals surface area contributed by atoms with Gasteiger partial charge in [-0.05, 0) is 25.1 Å². The van der Waals surface area contributed by atoms with Gasteiger partial charge in [-0.2, -0.15) is 0 Å². The summed E-state index contributed by atoms with van der Waals surface area (Å²) >= 11 is 5.98. The first-order chi connectivity index (χ1) is 8.34. The Kier molecular flexibility index (Phi) is 7.85. The van der Waals surface area contributed by atoms with Crippen LogP contribution in [0.3, 0.4) is 0 Å². The number of benzene rings is 1. The van der Waals surface area contributed by atoms with Crippen LogP contribution >= 0.6 is 11.6 Å². The fraction of sp³-hybridized carbons (Fsp3) is 0.571. The van der Waals surface area contributed by atoms with Gasteiger partial charge in [0, 0.05) is 6.54 Å². The molecule has 0 radical (unpaired) electrons. The van der Waals surface area contributed by atoms with E-state index in [1.807, 2.05) is 24.3 Å². The molecule has 96 valence electrons. The van der Waals surface area contributed by atoms with E-state index in [4.69, 9.17) is 16.3 Å². The Labute approximate surface area is 109 Å². The van der Waals surface area contributed by atoms with Gasteiger partial charge in [0.2, 0.25) is 0 Å². The highest BCUT2D eigenvalue weighted by Crippen LogP contribution is 2.22. The van der Waals surface area contributed by atoms with Crippen molar-refractivity contribution in [3.8, 4) is 5.75 Å². The fourth-order valence-electron chi connectivity index (χ4n) is 1.60. The maximum atomic E-state index is 5.98. The maximum absolute atomic E-state index is 5.98. The molecule has 0 fully saturated rings. The second-order valence-corrected chi connectivity index (χ2v) is 4.50. The van der Waals surface area contributed by atoms with E-state index in [0.717, 1.165) is 18.8 Å². The molecular weight excluding hydrogens is 234 g/mol. The normalized spacial score (nSPS) is 10.5. The van der Waals surface area contributed by atoms with Gasteiger partial charge in [-0.1, -0.05) is 49.9 Å². The van der Waals surface area contributed by atoms with Gasteiger partial charge in [0.05, 0.1) is 5.02 Å². The molecule has 0 unspecified atom stereocenters. The zero-order valence-corrected chi connectivity index (χ0v) is 11.3. The Morgan fingerprint density at radius 1 is 1.12 bits per heavy atom. The van der Waals surface area contributed by atoms with Crippen molar-refractivity contribution in [2.45, 2.75) is 32.6 Å². The summed E-state index contributed by atoms with van der Waals surface area (Å²) in [7, 11) is 0. The minimum Gasteiger partial charge on any atom is -0.491 e. The molecule has 0 aliphatic rings. The highest BCUT2D eigenvalue weighted by Gasteiger charge is 1.98. The second-order valence-electron chi connectivity index (χ2n) is 4.09. The predicted octanol–water partition coefficient (Wildman–Crippen LogP) is 3.89. The van der Waals surface area contributed by atoms with Crippen LogP contribution in [0, 0.1) is 0 Å². The summed E-state index contributed by atoms with van der Waals surface area (Å²) in [4.78, 5) is 0. The van der Waals surface area contributed by atoms with Crippen LogP contribution in [0.25, 0.3) is 0 Å². The zero-order chi connectivity index (χ0) is 12.3. The van der Waals surface area contributed by atoms with E-state index >= 15 is 0 Å². The van der Waals surface area contributed by atoms with Crippen molar-refractivity contribution in [2.24, 2.45) is 0 Å². The van der Waals surface area contributed by atoms with Crippen LogP contribution in [0.4, 0.5) is 0 Å². The average Bonchev–Trinajstić information content (AvgIpc) is 2.35. The van der Waals surface area contributed by atoms with Crippen molar-refractivity contribution >= 4 is 11.6 Å². The maximum Gasteiger partial charge on any atom is 0.137 e. The van der Waals surface area contributed by atoms with Crippen LogP contribution in [0.15, 0.2) is 24.3 Å². The largest absolute Gasteiger partial charge is 0.491 e. The summed E-state index contributed by atoms with van der Waals surface area (Å²) in [6, 6.07) is 7.57. The topological polar surface area (TPSA) is 21.3 Å². The number of nitrogens with one attached hydrogen (secondary N) is 1. The lowest BCUT2D eigenvalue weighted by atomic mass is 10.2. The van der Waals surface area contributed by atoms with Crippen LogP contribution in [0.5, 0.6) is 5.75 Å². The number of hydrogen-bond donors (Lipinski definition) is 1. The molecule has 0 heterocycles. The Morgan fingerprint density at radius 3 is 2.71 bits per heavy atom. The summed E-state index contributed by atoms with van der Waals surface area (Å²) in [5.74, 6) is 0.766. The van der Waals surface area contributed by atoms with Crippen LogP contribution in [0.1, 0.15) is 32.6 Å². The lowest BCUT2D eigenvalue weighted by Gasteiger charge is -2.08. The molecule has 17 heavy (non-hydrogen) atoms. The van der Waals surface area contributed by atoms with Crippen molar-refractivity contribution in [3.63, 3.8) is 0 Å². The minimum absolute atomic E-state index is 0.664. The molecule has 2 nitrogen and oxygen atoms in total. The van der Waals surface area contributed by atoms with Gasteiger partial charge < -0.3 is 10.1 Å². The predicted molar refractivity (Wildman–Crippen MR) is 74.0 cm³/mol. The van der Waals surface area contributed by atoms with Crippen molar-refractivity contribution in [1.82, 2.24) is 5.32 Å².